The third kappa shape index (κ3) is 4.26. The Kier molecular flexibility index (Phi) is 5.28. The zero-order valence-corrected chi connectivity index (χ0v) is 13.8. The number of esters is 1. The molecule has 0 aliphatic carbocycles. The van der Waals surface area contributed by atoms with Crippen molar-refractivity contribution >= 4 is 34.8 Å². The van der Waals surface area contributed by atoms with Crippen LogP contribution >= 0.6 is 11.3 Å². The molecule has 0 radical (unpaired) electrons. The lowest BCUT2D eigenvalue weighted by atomic mass is 10.3. The molecule has 0 aromatic carbocycles. The Bertz CT molecular complexity index is 733. The third-order valence-corrected chi connectivity index (χ3v) is 4.08. The van der Waals surface area contributed by atoms with E-state index in [0.717, 1.165) is 11.3 Å². The number of thiophene rings is 1. The van der Waals surface area contributed by atoms with Gasteiger partial charge in [0.05, 0.1) is 11.1 Å². The third-order valence-electron chi connectivity index (χ3n) is 2.92. The highest BCUT2D eigenvalue weighted by atomic mass is 32.1. The molecule has 0 spiro atoms. The summed E-state index contributed by atoms with van der Waals surface area (Å²) in [4.78, 5) is 35.7. The average molecular weight is 335 g/mol. The van der Waals surface area contributed by atoms with Gasteiger partial charge in [-0.25, -0.2) is 9.48 Å². The van der Waals surface area contributed by atoms with E-state index in [0.29, 0.717) is 10.7 Å². The molecule has 0 unspecified atom stereocenters. The van der Waals surface area contributed by atoms with Crippen LogP contribution in [0.4, 0.5) is 5.82 Å². The predicted octanol–water partition coefficient (Wildman–Crippen LogP) is 2.52. The minimum Gasteiger partial charge on any atom is -0.451 e. The molecule has 2 aromatic rings. The summed E-state index contributed by atoms with van der Waals surface area (Å²) >= 11 is 1.04. The van der Waals surface area contributed by atoms with Gasteiger partial charge in [0.1, 0.15) is 10.7 Å². The Morgan fingerprint density at radius 2 is 1.96 bits per heavy atom. The van der Waals surface area contributed by atoms with Crippen molar-refractivity contribution in [2.24, 2.45) is 0 Å². The highest BCUT2D eigenvalue weighted by Crippen LogP contribution is 2.18. The number of aromatic nitrogens is 2. The number of ketones is 1. The summed E-state index contributed by atoms with van der Waals surface area (Å²) in [6.07, 6.45) is 1.58. The van der Waals surface area contributed by atoms with Crippen LogP contribution in [0.2, 0.25) is 0 Å². The Morgan fingerprint density at radius 1 is 1.26 bits per heavy atom. The van der Waals surface area contributed by atoms with Crippen molar-refractivity contribution in [1.29, 1.82) is 0 Å². The maximum atomic E-state index is 11.9. The summed E-state index contributed by atoms with van der Waals surface area (Å²) in [5.74, 6) is -0.663. The number of nitrogens with one attached hydrogen (secondary N) is 1. The maximum absolute atomic E-state index is 11.9. The van der Waals surface area contributed by atoms with Gasteiger partial charge in [0, 0.05) is 12.1 Å². The normalized spacial score (nSPS) is 10.6. The number of rotatable bonds is 6. The van der Waals surface area contributed by atoms with E-state index in [2.05, 4.69) is 10.4 Å². The second-order valence-electron chi connectivity index (χ2n) is 5.10. The smallest absolute Gasteiger partial charge is 0.348 e. The van der Waals surface area contributed by atoms with Crippen molar-refractivity contribution in [1.82, 2.24) is 9.78 Å². The second-order valence-corrected chi connectivity index (χ2v) is 6.18. The summed E-state index contributed by atoms with van der Waals surface area (Å²) < 4.78 is 6.60. The minimum atomic E-state index is -0.630. The van der Waals surface area contributed by atoms with Gasteiger partial charge in [0.25, 0.3) is 5.91 Å². The van der Waals surface area contributed by atoms with Crippen molar-refractivity contribution in [2.45, 2.75) is 26.8 Å². The molecule has 0 aliphatic heterocycles. The number of nitrogens with zero attached hydrogens (tertiary/aromatic N) is 2. The van der Waals surface area contributed by atoms with Crippen molar-refractivity contribution < 1.29 is 19.1 Å². The molecule has 1 amide bonds. The van der Waals surface area contributed by atoms with Gasteiger partial charge in [-0.1, -0.05) is 0 Å². The molecule has 23 heavy (non-hydrogen) atoms. The molecule has 2 aromatic heterocycles. The number of carbonyl (C=O) groups is 3. The molecule has 8 heteroatoms. The molecule has 0 aliphatic rings. The van der Waals surface area contributed by atoms with E-state index in [9.17, 15) is 14.4 Å². The molecule has 0 atom stereocenters. The quantitative estimate of drug-likeness (QED) is 0.647. The maximum Gasteiger partial charge on any atom is 0.348 e. The van der Waals surface area contributed by atoms with Gasteiger partial charge in [0.2, 0.25) is 0 Å². The van der Waals surface area contributed by atoms with E-state index < -0.39 is 18.5 Å². The Labute approximate surface area is 137 Å². The number of Topliss-reactive ketones (excluding diaryl/α,β-unsaturated/α-hetero) is 1. The molecule has 122 valence electrons. The van der Waals surface area contributed by atoms with E-state index in [-0.39, 0.29) is 16.7 Å². The Morgan fingerprint density at radius 3 is 2.57 bits per heavy atom. The van der Waals surface area contributed by atoms with Gasteiger partial charge in [-0.05, 0) is 32.9 Å². The first-order valence-electron chi connectivity index (χ1n) is 6.99. The number of ether oxygens (including phenoxy) is 1. The molecular formula is C15H17N3O4S. The van der Waals surface area contributed by atoms with Crippen molar-refractivity contribution in [3.8, 4) is 0 Å². The van der Waals surface area contributed by atoms with Gasteiger partial charge in [0.15, 0.2) is 12.4 Å². The molecule has 2 heterocycles. The van der Waals surface area contributed by atoms with Gasteiger partial charge in [-0.15, -0.1) is 11.3 Å². The van der Waals surface area contributed by atoms with Crippen molar-refractivity contribution in [3.05, 3.63) is 34.2 Å². The monoisotopic (exact) mass is 335 g/mol. The Hall–Kier alpha value is -2.48. The van der Waals surface area contributed by atoms with Crippen LogP contribution in [0.3, 0.4) is 0 Å². The summed E-state index contributed by atoms with van der Waals surface area (Å²) in [6, 6.07) is 4.83. The minimum absolute atomic E-state index is 0.0963. The van der Waals surface area contributed by atoms with Crippen molar-refractivity contribution in [2.75, 3.05) is 11.9 Å². The van der Waals surface area contributed by atoms with Gasteiger partial charge >= 0.3 is 5.97 Å². The number of carbonyl (C=O) groups excluding carboxylic acids is 3. The van der Waals surface area contributed by atoms with E-state index in [1.165, 1.54) is 13.0 Å². The van der Waals surface area contributed by atoms with E-state index in [4.69, 9.17) is 4.74 Å². The standard InChI is InChI=1S/C15H17N3O4S/c1-9(2)18-13(6-7-16-18)17-14(20)8-22-15(21)12-5-4-11(23-12)10(3)19/h4-7,9H,8H2,1-3H3,(H,17,20). The molecule has 0 saturated heterocycles. The molecule has 0 fully saturated rings. The fourth-order valence-electron chi connectivity index (χ4n) is 1.84. The molecular weight excluding hydrogens is 318 g/mol. The zero-order chi connectivity index (χ0) is 17.0. The lowest BCUT2D eigenvalue weighted by molar-refractivity contribution is -0.119. The van der Waals surface area contributed by atoms with Gasteiger partial charge in [-0.2, -0.15) is 5.10 Å². The van der Waals surface area contributed by atoms with E-state index in [1.807, 2.05) is 13.8 Å². The zero-order valence-electron chi connectivity index (χ0n) is 13.0. The van der Waals surface area contributed by atoms with Crippen LogP contribution in [-0.4, -0.2) is 34.0 Å². The highest BCUT2D eigenvalue weighted by molar-refractivity contribution is 7.15. The van der Waals surface area contributed by atoms with E-state index in [1.54, 1.807) is 23.0 Å². The fourth-order valence-corrected chi connectivity index (χ4v) is 2.64. The first-order chi connectivity index (χ1) is 10.9. The van der Waals surface area contributed by atoms with Gasteiger partial charge < -0.3 is 10.1 Å². The van der Waals surface area contributed by atoms with Crippen LogP contribution < -0.4 is 5.32 Å². The molecule has 0 bridgehead atoms. The largest absolute Gasteiger partial charge is 0.451 e. The van der Waals surface area contributed by atoms with Crippen LogP contribution in [0.1, 0.15) is 46.2 Å². The fraction of sp³-hybridized carbons (Fsp3) is 0.333. The number of hydrogen-bond donors (Lipinski definition) is 1. The molecule has 0 saturated carbocycles. The summed E-state index contributed by atoms with van der Waals surface area (Å²) in [7, 11) is 0. The summed E-state index contributed by atoms with van der Waals surface area (Å²) in [5, 5.41) is 6.73. The van der Waals surface area contributed by atoms with Crippen LogP contribution in [0.25, 0.3) is 0 Å². The van der Waals surface area contributed by atoms with E-state index >= 15 is 0 Å². The topological polar surface area (TPSA) is 90.3 Å². The predicted molar refractivity (Wildman–Crippen MR) is 85.8 cm³/mol. The lowest BCUT2D eigenvalue weighted by Crippen LogP contribution is -2.22. The van der Waals surface area contributed by atoms with Crippen LogP contribution in [0.5, 0.6) is 0 Å². The second kappa shape index (κ2) is 7.19. The molecule has 7 nitrogen and oxygen atoms in total. The SMILES string of the molecule is CC(=O)c1ccc(C(=O)OCC(=O)Nc2ccnn2C(C)C)s1. The number of anilines is 1. The summed E-state index contributed by atoms with van der Waals surface area (Å²) in [6.45, 7) is 4.89. The van der Waals surface area contributed by atoms with Crippen LogP contribution in [0, 0.1) is 0 Å². The molecule has 1 N–H and O–H groups in total. The number of hydrogen-bond acceptors (Lipinski definition) is 6. The highest BCUT2D eigenvalue weighted by Gasteiger charge is 2.15. The first kappa shape index (κ1) is 16.9. The first-order valence-corrected chi connectivity index (χ1v) is 7.81. The average Bonchev–Trinajstić information content (AvgIpc) is 3.13. The molecule has 2 rings (SSSR count). The van der Waals surface area contributed by atoms with Crippen LogP contribution in [0.15, 0.2) is 24.4 Å². The Balaban J connectivity index is 1.89. The van der Waals surface area contributed by atoms with Crippen molar-refractivity contribution in [3.63, 3.8) is 0 Å². The lowest BCUT2D eigenvalue weighted by Gasteiger charge is -2.11. The van der Waals surface area contributed by atoms with Gasteiger partial charge in [-0.3, -0.25) is 9.59 Å². The summed E-state index contributed by atoms with van der Waals surface area (Å²) in [5.41, 5.74) is 0. The van der Waals surface area contributed by atoms with Crippen LogP contribution in [-0.2, 0) is 9.53 Å². The number of amides is 1.